The van der Waals surface area contributed by atoms with Crippen LogP contribution in [0.15, 0.2) is 0 Å². The normalized spacial score (nSPS) is 16.6. The minimum absolute atomic E-state index is 0.0413. The van der Waals surface area contributed by atoms with E-state index >= 15 is 0 Å². The van der Waals surface area contributed by atoms with Gasteiger partial charge in [-0.05, 0) is 32.6 Å². The first kappa shape index (κ1) is 16.3. The fourth-order valence-corrected chi connectivity index (χ4v) is 2.52. The molecule has 0 bridgehead atoms. The number of urea groups is 1. The van der Waals surface area contributed by atoms with Gasteiger partial charge in [0.2, 0.25) is 0 Å². The highest BCUT2D eigenvalue weighted by atomic mass is 16.5. The lowest BCUT2D eigenvalue weighted by atomic mass is 9.87. The van der Waals surface area contributed by atoms with E-state index in [0.29, 0.717) is 13.2 Å². The molecule has 0 unspecified atom stereocenters. The molecule has 1 rings (SSSR count). The largest absolute Gasteiger partial charge is 0.379 e. The molecule has 4 heteroatoms. The fourth-order valence-electron chi connectivity index (χ4n) is 2.52. The van der Waals surface area contributed by atoms with Gasteiger partial charge in [-0.3, -0.25) is 0 Å². The van der Waals surface area contributed by atoms with Crippen LogP contribution in [0.25, 0.3) is 0 Å². The van der Waals surface area contributed by atoms with E-state index in [9.17, 15) is 4.79 Å². The monoisotopic (exact) mass is 270 g/mol. The molecule has 0 radical (unpaired) electrons. The second-order valence-electron chi connectivity index (χ2n) is 5.75. The van der Waals surface area contributed by atoms with Gasteiger partial charge in [-0.2, -0.15) is 0 Å². The Morgan fingerprint density at radius 1 is 1.16 bits per heavy atom. The molecule has 0 aliphatic heterocycles. The number of hydrogen-bond acceptors (Lipinski definition) is 2. The van der Waals surface area contributed by atoms with Crippen molar-refractivity contribution in [2.24, 2.45) is 5.92 Å². The summed E-state index contributed by atoms with van der Waals surface area (Å²) in [7, 11) is 0. The van der Waals surface area contributed by atoms with Crippen molar-refractivity contribution in [3.63, 3.8) is 0 Å². The van der Waals surface area contributed by atoms with Crippen molar-refractivity contribution in [2.45, 2.75) is 64.9 Å². The van der Waals surface area contributed by atoms with Crippen LogP contribution in [0.4, 0.5) is 4.79 Å². The summed E-state index contributed by atoms with van der Waals surface area (Å²) in [6.07, 6.45) is 9.08. The standard InChI is InChI=1S/C15H30N2O2/c1-13(2)19-12-6-10-16-15(18)17-11-9-14-7-4-3-5-8-14/h13-14H,3-12H2,1-2H3,(H2,16,17,18). The van der Waals surface area contributed by atoms with Crippen LogP contribution < -0.4 is 10.6 Å². The quantitative estimate of drug-likeness (QED) is 0.666. The van der Waals surface area contributed by atoms with Crippen LogP contribution in [0, 0.1) is 5.92 Å². The average molecular weight is 270 g/mol. The zero-order chi connectivity index (χ0) is 13.9. The zero-order valence-electron chi connectivity index (χ0n) is 12.5. The summed E-state index contributed by atoms with van der Waals surface area (Å²) in [6, 6.07) is -0.0413. The predicted octanol–water partition coefficient (Wildman–Crippen LogP) is 3.07. The Morgan fingerprint density at radius 3 is 2.53 bits per heavy atom. The molecule has 1 aliphatic carbocycles. The molecule has 19 heavy (non-hydrogen) atoms. The SMILES string of the molecule is CC(C)OCCCNC(=O)NCCC1CCCCC1. The van der Waals surface area contributed by atoms with Gasteiger partial charge < -0.3 is 15.4 Å². The van der Waals surface area contributed by atoms with Gasteiger partial charge in [-0.25, -0.2) is 4.79 Å². The molecule has 1 fully saturated rings. The number of carbonyl (C=O) groups excluding carboxylic acids is 1. The van der Waals surface area contributed by atoms with Crippen molar-refractivity contribution < 1.29 is 9.53 Å². The van der Waals surface area contributed by atoms with E-state index in [0.717, 1.165) is 25.3 Å². The summed E-state index contributed by atoms with van der Waals surface area (Å²) in [4.78, 5) is 11.5. The van der Waals surface area contributed by atoms with Gasteiger partial charge in [0.05, 0.1) is 6.10 Å². The number of nitrogens with one attached hydrogen (secondary N) is 2. The Kier molecular flexibility index (Phi) is 8.63. The first-order chi connectivity index (χ1) is 9.18. The molecule has 0 aromatic carbocycles. The maximum atomic E-state index is 11.5. The summed E-state index contributed by atoms with van der Waals surface area (Å²) >= 11 is 0. The molecule has 0 saturated heterocycles. The third kappa shape index (κ3) is 8.87. The van der Waals surface area contributed by atoms with E-state index < -0.39 is 0 Å². The number of amides is 2. The lowest BCUT2D eigenvalue weighted by Crippen LogP contribution is -2.37. The number of hydrogen-bond donors (Lipinski definition) is 2. The summed E-state index contributed by atoms with van der Waals surface area (Å²) in [5.41, 5.74) is 0. The highest BCUT2D eigenvalue weighted by Crippen LogP contribution is 2.25. The lowest BCUT2D eigenvalue weighted by molar-refractivity contribution is 0.0774. The molecular formula is C15H30N2O2. The van der Waals surface area contributed by atoms with Crippen molar-refractivity contribution in [1.82, 2.24) is 10.6 Å². The molecule has 4 nitrogen and oxygen atoms in total. The van der Waals surface area contributed by atoms with Crippen LogP contribution in [0.5, 0.6) is 0 Å². The third-order valence-electron chi connectivity index (χ3n) is 3.62. The maximum absolute atomic E-state index is 11.5. The number of rotatable bonds is 8. The Bertz CT molecular complexity index is 238. The Morgan fingerprint density at radius 2 is 1.84 bits per heavy atom. The van der Waals surface area contributed by atoms with Crippen molar-refractivity contribution >= 4 is 6.03 Å². The third-order valence-corrected chi connectivity index (χ3v) is 3.62. The molecule has 0 spiro atoms. The van der Waals surface area contributed by atoms with Crippen LogP contribution in [0.3, 0.4) is 0 Å². The van der Waals surface area contributed by atoms with Crippen molar-refractivity contribution in [3.05, 3.63) is 0 Å². The summed E-state index contributed by atoms with van der Waals surface area (Å²) < 4.78 is 5.41. The van der Waals surface area contributed by atoms with Gasteiger partial charge in [0, 0.05) is 19.7 Å². The van der Waals surface area contributed by atoms with Crippen molar-refractivity contribution in [2.75, 3.05) is 19.7 Å². The second-order valence-corrected chi connectivity index (χ2v) is 5.75. The zero-order valence-corrected chi connectivity index (χ0v) is 12.5. The molecule has 1 aliphatic rings. The molecule has 0 atom stereocenters. The van der Waals surface area contributed by atoms with Gasteiger partial charge in [-0.1, -0.05) is 32.1 Å². The van der Waals surface area contributed by atoms with Crippen LogP contribution in [0.1, 0.15) is 58.8 Å². The molecular weight excluding hydrogens is 240 g/mol. The van der Waals surface area contributed by atoms with E-state index in [1.54, 1.807) is 0 Å². The second kappa shape index (κ2) is 10.1. The summed E-state index contributed by atoms with van der Waals surface area (Å²) in [6.45, 7) is 6.23. The van der Waals surface area contributed by atoms with E-state index in [1.807, 2.05) is 13.8 Å². The molecule has 0 aromatic heterocycles. The molecule has 2 amide bonds. The van der Waals surface area contributed by atoms with E-state index in [2.05, 4.69) is 10.6 Å². The van der Waals surface area contributed by atoms with E-state index in [-0.39, 0.29) is 12.1 Å². The lowest BCUT2D eigenvalue weighted by Gasteiger charge is -2.21. The Balaban J connectivity index is 1.90. The smallest absolute Gasteiger partial charge is 0.314 e. The average Bonchev–Trinajstić information content (AvgIpc) is 2.39. The van der Waals surface area contributed by atoms with Gasteiger partial charge in [-0.15, -0.1) is 0 Å². The molecule has 2 N–H and O–H groups in total. The highest BCUT2D eigenvalue weighted by Gasteiger charge is 2.13. The van der Waals surface area contributed by atoms with Gasteiger partial charge in [0.25, 0.3) is 0 Å². The summed E-state index contributed by atoms with van der Waals surface area (Å²) in [5.74, 6) is 0.827. The van der Waals surface area contributed by atoms with Crippen LogP contribution in [0.2, 0.25) is 0 Å². The van der Waals surface area contributed by atoms with Crippen molar-refractivity contribution in [1.29, 1.82) is 0 Å². The predicted molar refractivity (Wildman–Crippen MR) is 78.3 cm³/mol. The minimum Gasteiger partial charge on any atom is -0.379 e. The molecule has 0 heterocycles. The first-order valence-electron chi connectivity index (χ1n) is 7.82. The maximum Gasteiger partial charge on any atom is 0.314 e. The van der Waals surface area contributed by atoms with Gasteiger partial charge >= 0.3 is 6.03 Å². The first-order valence-corrected chi connectivity index (χ1v) is 7.82. The molecule has 1 saturated carbocycles. The van der Waals surface area contributed by atoms with Crippen LogP contribution >= 0.6 is 0 Å². The van der Waals surface area contributed by atoms with Gasteiger partial charge in [0.15, 0.2) is 0 Å². The van der Waals surface area contributed by atoms with E-state index in [1.165, 1.54) is 32.1 Å². The minimum atomic E-state index is -0.0413. The van der Waals surface area contributed by atoms with Crippen molar-refractivity contribution in [3.8, 4) is 0 Å². The van der Waals surface area contributed by atoms with Crippen LogP contribution in [-0.4, -0.2) is 31.8 Å². The van der Waals surface area contributed by atoms with Crippen LogP contribution in [-0.2, 0) is 4.74 Å². The topological polar surface area (TPSA) is 50.4 Å². The molecule has 112 valence electrons. The fraction of sp³-hybridized carbons (Fsp3) is 0.933. The highest BCUT2D eigenvalue weighted by molar-refractivity contribution is 5.73. The van der Waals surface area contributed by atoms with Gasteiger partial charge in [0.1, 0.15) is 0 Å². The Hall–Kier alpha value is -0.770. The number of carbonyl (C=O) groups is 1. The number of ether oxygens (including phenoxy) is 1. The van der Waals surface area contributed by atoms with E-state index in [4.69, 9.17) is 4.74 Å². The summed E-state index contributed by atoms with van der Waals surface area (Å²) in [5, 5.41) is 5.80. The molecule has 0 aromatic rings. The Labute approximate surface area is 117 Å².